The summed E-state index contributed by atoms with van der Waals surface area (Å²) >= 11 is 0. The highest BCUT2D eigenvalue weighted by Gasteiger charge is 2.29. The van der Waals surface area contributed by atoms with Crippen LogP contribution < -0.4 is 41.2 Å². The van der Waals surface area contributed by atoms with Crippen molar-refractivity contribution in [2.75, 3.05) is 27.4 Å². The van der Waals surface area contributed by atoms with Crippen LogP contribution in [0, 0.1) is 0 Å². The van der Waals surface area contributed by atoms with E-state index in [1.54, 1.807) is 45.4 Å². The molecule has 13 heteroatoms. The number of aryl methyl sites for hydroxylation is 1. The van der Waals surface area contributed by atoms with Crippen LogP contribution in [0.25, 0.3) is 0 Å². The van der Waals surface area contributed by atoms with Crippen molar-refractivity contribution in [2.24, 2.45) is 5.73 Å². The van der Waals surface area contributed by atoms with E-state index in [9.17, 15) is 24.0 Å². The molecule has 0 spiro atoms. The number of amides is 5. The van der Waals surface area contributed by atoms with Gasteiger partial charge in [0, 0.05) is 13.0 Å². The molecule has 2 aromatic carbocycles. The van der Waals surface area contributed by atoms with Crippen molar-refractivity contribution >= 4 is 29.5 Å². The number of primary amides is 1. The van der Waals surface area contributed by atoms with E-state index in [0.717, 1.165) is 5.56 Å². The van der Waals surface area contributed by atoms with Crippen LogP contribution >= 0.6 is 0 Å². The summed E-state index contributed by atoms with van der Waals surface area (Å²) in [5, 5.41) is 10.7. The smallest absolute Gasteiger partial charge is 0.255 e. The van der Waals surface area contributed by atoms with E-state index in [1.807, 2.05) is 12.1 Å². The van der Waals surface area contributed by atoms with Crippen LogP contribution in [0.15, 0.2) is 42.5 Å². The quantitative estimate of drug-likeness (QED) is 0.246. The Morgan fingerprint density at radius 2 is 1.77 bits per heavy atom. The molecule has 0 saturated heterocycles. The summed E-state index contributed by atoms with van der Waals surface area (Å²) in [5.74, 6) is -1.55. The van der Waals surface area contributed by atoms with Crippen LogP contribution in [0.4, 0.5) is 0 Å². The molecule has 0 aromatic heterocycles. The van der Waals surface area contributed by atoms with Crippen LogP contribution in [0.5, 0.6) is 17.2 Å². The number of hydrogen-bond donors (Lipinski definition) is 5. The maximum absolute atomic E-state index is 13.3. The summed E-state index contributed by atoms with van der Waals surface area (Å²) in [6, 6.07) is 9.20. The summed E-state index contributed by atoms with van der Waals surface area (Å²) in [6.45, 7) is 1.99. The highest BCUT2D eigenvalue weighted by Crippen LogP contribution is 2.28. The molecule has 0 unspecified atom stereocenters. The first-order valence-electron chi connectivity index (χ1n) is 14.0. The van der Waals surface area contributed by atoms with Gasteiger partial charge in [-0.15, -0.1) is 0 Å². The molecule has 0 radical (unpaired) electrons. The first-order valence-corrected chi connectivity index (χ1v) is 14.0. The fraction of sp³-hybridized carbons (Fsp3) is 0.433. The highest BCUT2D eigenvalue weighted by atomic mass is 16.5. The molecular formula is C30H39N5O8. The SMILES string of the molecule is COc1ccc(CCCNC(=O)[C@@H]2CC(=O)N[C@@H](CCC(N)=O)C(=O)N[C@H](C)COc3ccccc3C(=O)N2)cc1OC. The average molecular weight is 598 g/mol. The second kappa shape index (κ2) is 16.0. The molecular weight excluding hydrogens is 558 g/mol. The topological polar surface area (TPSA) is 187 Å². The van der Waals surface area contributed by atoms with Crippen LogP contribution in [0.1, 0.15) is 48.5 Å². The highest BCUT2D eigenvalue weighted by molar-refractivity contribution is 6.01. The molecule has 1 heterocycles. The van der Waals surface area contributed by atoms with E-state index in [4.69, 9.17) is 19.9 Å². The molecule has 0 fully saturated rings. The zero-order valence-electron chi connectivity index (χ0n) is 24.6. The van der Waals surface area contributed by atoms with Crippen molar-refractivity contribution in [3.05, 3.63) is 53.6 Å². The standard InChI is InChI=1S/C30H39N5O8/c1-18-17-43-23-9-5-4-8-20(23)28(38)35-22(16-27(37)34-21(30(40)33-18)11-13-26(31)36)29(39)32-14-6-7-19-10-12-24(41-2)25(15-19)42-3/h4-5,8-10,12,15,18,21-22H,6-7,11,13-14,16-17H2,1-3H3,(H2,31,36)(H,32,39)(H,33,40)(H,34,37)(H,35,38)/t18-,21+,22+/m1/s1. The number of ether oxygens (including phenoxy) is 3. The Bertz CT molecular complexity index is 1320. The molecule has 2 aromatic rings. The molecule has 1 aliphatic heterocycles. The average Bonchev–Trinajstić information content (AvgIpc) is 2.99. The number of rotatable bonds is 10. The zero-order chi connectivity index (χ0) is 31.4. The molecule has 5 amide bonds. The Morgan fingerprint density at radius 1 is 1.02 bits per heavy atom. The fourth-order valence-corrected chi connectivity index (χ4v) is 4.48. The number of fused-ring (bicyclic) bond motifs is 1. The Morgan fingerprint density at radius 3 is 2.49 bits per heavy atom. The van der Waals surface area contributed by atoms with Crippen molar-refractivity contribution in [1.82, 2.24) is 21.3 Å². The number of nitrogens with one attached hydrogen (secondary N) is 4. The Kier molecular flexibility index (Phi) is 12.2. The zero-order valence-corrected chi connectivity index (χ0v) is 24.6. The lowest BCUT2D eigenvalue weighted by molar-refractivity contribution is -0.131. The molecule has 0 bridgehead atoms. The molecule has 6 N–H and O–H groups in total. The van der Waals surface area contributed by atoms with Gasteiger partial charge in [0.25, 0.3) is 5.91 Å². The summed E-state index contributed by atoms with van der Waals surface area (Å²) in [7, 11) is 3.11. The second-order valence-corrected chi connectivity index (χ2v) is 10.2. The minimum atomic E-state index is -1.26. The van der Waals surface area contributed by atoms with Gasteiger partial charge in [-0.3, -0.25) is 24.0 Å². The van der Waals surface area contributed by atoms with Gasteiger partial charge in [0.2, 0.25) is 23.6 Å². The third-order valence-electron chi connectivity index (χ3n) is 6.74. The lowest BCUT2D eigenvalue weighted by Gasteiger charge is -2.24. The van der Waals surface area contributed by atoms with Crippen LogP contribution in [-0.4, -0.2) is 75.0 Å². The molecule has 232 valence electrons. The predicted octanol–water partition coefficient (Wildman–Crippen LogP) is 0.589. The van der Waals surface area contributed by atoms with Gasteiger partial charge in [-0.25, -0.2) is 0 Å². The largest absolute Gasteiger partial charge is 0.493 e. The van der Waals surface area contributed by atoms with Crippen molar-refractivity contribution in [2.45, 2.75) is 57.2 Å². The first-order chi connectivity index (χ1) is 20.6. The minimum absolute atomic E-state index is 0.0243. The molecule has 0 saturated carbocycles. The van der Waals surface area contributed by atoms with Crippen molar-refractivity contribution in [3.63, 3.8) is 0 Å². The van der Waals surface area contributed by atoms with Gasteiger partial charge in [0.15, 0.2) is 11.5 Å². The summed E-state index contributed by atoms with van der Waals surface area (Å²) in [6.07, 6.45) is 0.558. The minimum Gasteiger partial charge on any atom is -0.493 e. The monoisotopic (exact) mass is 597 g/mol. The van der Waals surface area contributed by atoms with Gasteiger partial charge < -0.3 is 41.2 Å². The number of para-hydroxylation sites is 1. The van der Waals surface area contributed by atoms with Crippen LogP contribution in [-0.2, 0) is 25.6 Å². The lowest BCUT2D eigenvalue weighted by Crippen LogP contribution is -2.53. The Labute approximate surface area is 250 Å². The number of benzene rings is 2. The molecule has 0 aliphatic carbocycles. The molecule has 3 atom stereocenters. The number of methoxy groups -OCH3 is 2. The van der Waals surface area contributed by atoms with E-state index in [2.05, 4.69) is 21.3 Å². The normalized spacial score (nSPS) is 19.3. The van der Waals surface area contributed by atoms with E-state index < -0.39 is 54.1 Å². The van der Waals surface area contributed by atoms with E-state index in [1.165, 1.54) is 6.07 Å². The maximum atomic E-state index is 13.3. The maximum Gasteiger partial charge on any atom is 0.255 e. The second-order valence-electron chi connectivity index (χ2n) is 10.2. The third-order valence-corrected chi connectivity index (χ3v) is 6.74. The van der Waals surface area contributed by atoms with Gasteiger partial charge in [-0.2, -0.15) is 0 Å². The molecule has 43 heavy (non-hydrogen) atoms. The summed E-state index contributed by atoms with van der Waals surface area (Å²) < 4.78 is 16.4. The van der Waals surface area contributed by atoms with Gasteiger partial charge in [-0.1, -0.05) is 18.2 Å². The van der Waals surface area contributed by atoms with Gasteiger partial charge in [0.05, 0.1) is 32.2 Å². The number of nitrogens with two attached hydrogens (primary N) is 1. The van der Waals surface area contributed by atoms with E-state index in [-0.39, 0.29) is 37.3 Å². The molecule has 13 nitrogen and oxygen atoms in total. The summed E-state index contributed by atoms with van der Waals surface area (Å²) in [4.78, 5) is 63.8. The molecule has 3 rings (SSSR count). The Balaban J connectivity index is 1.75. The fourth-order valence-electron chi connectivity index (χ4n) is 4.48. The predicted molar refractivity (Wildman–Crippen MR) is 157 cm³/mol. The van der Waals surface area contributed by atoms with E-state index >= 15 is 0 Å². The lowest BCUT2D eigenvalue weighted by atomic mass is 10.1. The van der Waals surface area contributed by atoms with E-state index in [0.29, 0.717) is 24.3 Å². The van der Waals surface area contributed by atoms with Gasteiger partial charge in [-0.05, 0) is 56.0 Å². The number of carbonyl (C=O) groups is 5. The first kappa shape index (κ1) is 32.7. The number of carbonyl (C=O) groups excluding carboxylic acids is 5. The van der Waals surface area contributed by atoms with Crippen molar-refractivity contribution in [3.8, 4) is 17.2 Å². The van der Waals surface area contributed by atoms with Crippen LogP contribution in [0.3, 0.4) is 0 Å². The third kappa shape index (κ3) is 9.90. The van der Waals surface area contributed by atoms with Crippen molar-refractivity contribution < 1.29 is 38.2 Å². The number of hydrogen-bond acceptors (Lipinski definition) is 8. The Hall–Kier alpha value is -4.81. The van der Waals surface area contributed by atoms with Gasteiger partial charge in [0.1, 0.15) is 24.4 Å². The summed E-state index contributed by atoms with van der Waals surface area (Å²) in [5.41, 5.74) is 6.40. The van der Waals surface area contributed by atoms with Crippen LogP contribution in [0.2, 0.25) is 0 Å². The van der Waals surface area contributed by atoms with Gasteiger partial charge >= 0.3 is 0 Å². The van der Waals surface area contributed by atoms with Crippen molar-refractivity contribution in [1.29, 1.82) is 0 Å². The molecule has 1 aliphatic rings.